The van der Waals surface area contributed by atoms with E-state index in [-0.39, 0.29) is 5.41 Å². The van der Waals surface area contributed by atoms with Crippen LogP contribution >= 0.6 is 11.3 Å². The number of nitrogens with one attached hydrogen (secondary N) is 1. The van der Waals surface area contributed by atoms with Crippen molar-refractivity contribution in [2.24, 2.45) is 0 Å². The highest BCUT2D eigenvalue weighted by molar-refractivity contribution is 7.11. The summed E-state index contributed by atoms with van der Waals surface area (Å²) < 4.78 is 5.63. The lowest BCUT2D eigenvalue weighted by molar-refractivity contribution is 0.0803. The maximum Gasteiger partial charge on any atom is 0.0985 e. The molecule has 1 saturated heterocycles. The zero-order valence-corrected chi connectivity index (χ0v) is 13.7. The average Bonchev–Trinajstić information content (AvgIpc) is 3.14. The molecule has 0 aromatic carbocycles. The van der Waals surface area contributed by atoms with Gasteiger partial charge in [-0.25, -0.2) is 4.98 Å². The SMILES string of the molecule is CC(C)(C)c1nc(C2CCCOC2)sc1CNC1CC1. The first-order valence-corrected chi connectivity index (χ1v) is 8.67. The van der Waals surface area contributed by atoms with E-state index in [4.69, 9.17) is 9.72 Å². The number of aromatic nitrogens is 1. The molecule has 1 N–H and O–H groups in total. The third kappa shape index (κ3) is 3.41. The Morgan fingerprint density at radius 3 is 2.70 bits per heavy atom. The molecule has 0 bridgehead atoms. The molecule has 1 aromatic heterocycles. The smallest absolute Gasteiger partial charge is 0.0985 e. The Hall–Kier alpha value is -0.450. The second-order valence-electron chi connectivity index (χ2n) is 7.14. The molecule has 0 radical (unpaired) electrons. The molecule has 1 aliphatic carbocycles. The lowest BCUT2D eigenvalue weighted by Gasteiger charge is -2.20. The van der Waals surface area contributed by atoms with E-state index in [9.17, 15) is 0 Å². The van der Waals surface area contributed by atoms with Crippen LogP contribution in [-0.4, -0.2) is 24.2 Å². The van der Waals surface area contributed by atoms with Crippen LogP contribution in [-0.2, 0) is 16.7 Å². The Kier molecular flexibility index (Phi) is 4.16. The highest BCUT2D eigenvalue weighted by Crippen LogP contribution is 2.36. The van der Waals surface area contributed by atoms with Crippen LogP contribution in [0.25, 0.3) is 0 Å². The predicted molar refractivity (Wildman–Crippen MR) is 83.5 cm³/mol. The lowest BCUT2D eigenvalue weighted by atomic mass is 9.91. The van der Waals surface area contributed by atoms with Crippen LogP contribution in [0.5, 0.6) is 0 Å². The summed E-state index contributed by atoms with van der Waals surface area (Å²) in [5.41, 5.74) is 1.42. The van der Waals surface area contributed by atoms with Crippen molar-refractivity contribution in [1.29, 1.82) is 0 Å². The molecule has 1 atom stereocenters. The molecular formula is C16H26N2OS. The van der Waals surface area contributed by atoms with E-state index in [0.717, 1.165) is 25.8 Å². The quantitative estimate of drug-likeness (QED) is 0.921. The molecule has 1 aromatic rings. The predicted octanol–water partition coefficient (Wildman–Crippen LogP) is 3.59. The van der Waals surface area contributed by atoms with E-state index in [0.29, 0.717) is 5.92 Å². The van der Waals surface area contributed by atoms with Crippen LogP contribution in [0.2, 0.25) is 0 Å². The molecule has 3 nitrogen and oxygen atoms in total. The fraction of sp³-hybridized carbons (Fsp3) is 0.812. The van der Waals surface area contributed by atoms with Gasteiger partial charge < -0.3 is 10.1 Å². The lowest BCUT2D eigenvalue weighted by Crippen LogP contribution is -2.20. The van der Waals surface area contributed by atoms with Crippen molar-refractivity contribution >= 4 is 11.3 Å². The van der Waals surface area contributed by atoms with Crippen molar-refractivity contribution in [2.45, 2.75) is 70.4 Å². The number of hydrogen-bond acceptors (Lipinski definition) is 4. The van der Waals surface area contributed by atoms with Crippen LogP contribution in [0, 0.1) is 0 Å². The molecule has 0 amide bonds. The molecular weight excluding hydrogens is 268 g/mol. The van der Waals surface area contributed by atoms with Gasteiger partial charge in [0.2, 0.25) is 0 Å². The molecule has 2 fully saturated rings. The monoisotopic (exact) mass is 294 g/mol. The van der Waals surface area contributed by atoms with Gasteiger partial charge in [-0.15, -0.1) is 11.3 Å². The Bertz CT molecular complexity index is 454. The van der Waals surface area contributed by atoms with E-state index in [2.05, 4.69) is 26.1 Å². The number of ether oxygens (including phenoxy) is 1. The second kappa shape index (κ2) is 5.74. The normalized spacial score (nSPS) is 24.1. The minimum Gasteiger partial charge on any atom is -0.381 e. The molecule has 112 valence electrons. The van der Waals surface area contributed by atoms with Crippen LogP contribution in [0.4, 0.5) is 0 Å². The summed E-state index contributed by atoms with van der Waals surface area (Å²) in [7, 11) is 0. The van der Waals surface area contributed by atoms with Gasteiger partial charge in [-0.2, -0.15) is 0 Å². The van der Waals surface area contributed by atoms with E-state index < -0.39 is 0 Å². The summed E-state index contributed by atoms with van der Waals surface area (Å²) in [6, 6.07) is 0.756. The largest absolute Gasteiger partial charge is 0.381 e. The van der Waals surface area contributed by atoms with Gasteiger partial charge in [0, 0.05) is 35.4 Å². The van der Waals surface area contributed by atoms with Crippen molar-refractivity contribution < 1.29 is 4.74 Å². The molecule has 1 saturated carbocycles. The van der Waals surface area contributed by atoms with Crippen molar-refractivity contribution in [3.63, 3.8) is 0 Å². The van der Waals surface area contributed by atoms with Crippen LogP contribution in [0.1, 0.15) is 68.0 Å². The van der Waals surface area contributed by atoms with Gasteiger partial charge >= 0.3 is 0 Å². The van der Waals surface area contributed by atoms with Gasteiger partial charge in [0.05, 0.1) is 17.3 Å². The van der Waals surface area contributed by atoms with Gasteiger partial charge in [-0.05, 0) is 25.7 Å². The highest BCUT2D eigenvalue weighted by atomic mass is 32.1. The minimum atomic E-state index is 0.130. The fourth-order valence-corrected chi connectivity index (χ4v) is 4.06. The first-order chi connectivity index (χ1) is 9.54. The van der Waals surface area contributed by atoms with E-state index in [1.54, 1.807) is 0 Å². The van der Waals surface area contributed by atoms with E-state index in [1.165, 1.54) is 41.3 Å². The minimum absolute atomic E-state index is 0.130. The molecule has 1 aliphatic heterocycles. The summed E-state index contributed by atoms with van der Waals surface area (Å²) >= 11 is 1.91. The van der Waals surface area contributed by atoms with Gasteiger partial charge in [-0.1, -0.05) is 20.8 Å². The van der Waals surface area contributed by atoms with E-state index >= 15 is 0 Å². The second-order valence-corrected chi connectivity index (χ2v) is 8.26. The van der Waals surface area contributed by atoms with Gasteiger partial charge in [0.15, 0.2) is 0 Å². The number of thiazole rings is 1. The van der Waals surface area contributed by atoms with Crippen LogP contribution in [0.15, 0.2) is 0 Å². The van der Waals surface area contributed by atoms with Crippen molar-refractivity contribution in [2.75, 3.05) is 13.2 Å². The molecule has 2 aliphatic rings. The first-order valence-electron chi connectivity index (χ1n) is 7.85. The zero-order chi connectivity index (χ0) is 14.2. The van der Waals surface area contributed by atoms with Crippen LogP contribution in [0.3, 0.4) is 0 Å². The van der Waals surface area contributed by atoms with Crippen molar-refractivity contribution in [3.8, 4) is 0 Å². The standard InChI is InChI=1S/C16H26N2OS/c1-16(2,3)14-13(9-17-12-6-7-12)20-15(18-14)11-5-4-8-19-10-11/h11-12,17H,4-10H2,1-3H3. The molecule has 20 heavy (non-hydrogen) atoms. The average molecular weight is 294 g/mol. The molecule has 3 rings (SSSR count). The third-order valence-corrected chi connectivity index (χ3v) is 5.28. The molecule has 0 spiro atoms. The van der Waals surface area contributed by atoms with Gasteiger partial charge in [0.1, 0.15) is 0 Å². The zero-order valence-electron chi connectivity index (χ0n) is 12.9. The maximum atomic E-state index is 5.63. The molecule has 2 heterocycles. The van der Waals surface area contributed by atoms with Crippen molar-refractivity contribution in [1.82, 2.24) is 10.3 Å². The Morgan fingerprint density at radius 2 is 2.10 bits per heavy atom. The number of rotatable bonds is 4. The molecule has 1 unspecified atom stereocenters. The topological polar surface area (TPSA) is 34.1 Å². The third-order valence-electron chi connectivity index (χ3n) is 4.06. The summed E-state index contributed by atoms with van der Waals surface area (Å²) in [5, 5.41) is 4.93. The van der Waals surface area contributed by atoms with Gasteiger partial charge in [-0.3, -0.25) is 0 Å². The van der Waals surface area contributed by atoms with E-state index in [1.807, 2.05) is 11.3 Å². The number of nitrogens with zero attached hydrogens (tertiary/aromatic N) is 1. The maximum absolute atomic E-state index is 5.63. The summed E-state index contributed by atoms with van der Waals surface area (Å²) in [5.74, 6) is 0.518. The fourth-order valence-electron chi connectivity index (χ4n) is 2.71. The summed E-state index contributed by atoms with van der Waals surface area (Å²) in [6.45, 7) is 9.57. The Labute approximate surface area is 126 Å². The highest BCUT2D eigenvalue weighted by Gasteiger charge is 2.28. The van der Waals surface area contributed by atoms with Crippen LogP contribution < -0.4 is 5.32 Å². The summed E-state index contributed by atoms with van der Waals surface area (Å²) in [4.78, 5) is 6.44. The Morgan fingerprint density at radius 1 is 1.30 bits per heavy atom. The Balaban J connectivity index is 1.79. The number of hydrogen-bond donors (Lipinski definition) is 1. The first kappa shape index (κ1) is 14.5. The molecule has 4 heteroatoms. The van der Waals surface area contributed by atoms with Crippen molar-refractivity contribution in [3.05, 3.63) is 15.6 Å². The van der Waals surface area contributed by atoms with Gasteiger partial charge in [0.25, 0.3) is 0 Å². The summed E-state index contributed by atoms with van der Waals surface area (Å²) in [6.07, 6.45) is 5.08.